The van der Waals surface area contributed by atoms with Gasteiger partial charge in [0.15, 0.2) is 0 Å². The number of nitrogens with zero attached hydrogens (tertiary/aromatic N) is 2. The molecule has 3 aromatic rings. The summed E-state index contributed by atoms with van der Waals surface area (Å²) in [7, 11) is 0. The predicted octanol–water partition coefficient (Wildman–Crippen LogP) is 6.15. The van der Waals surface area contributed by atoms with Crippen LogP contribution in [0.3, 0.4) is 0 Å². The Morgan fingerprint density at radius 3 is 2.34 bits per heavy atom. The Bertz CT molecular complexity index is 1120. The fraction of sp³-hybridized carbons (Fsp3) is 0.167. The topological polar surface area (TPSA) is 53.9 Å². The summed E-state index contributed by atoms with van der Waals surface area (Å²) in [5.41, 5.74) is 2.54. The number of hydrogen-bond acceptors (Lipinski definition) is 3. The highest BCUT2D eigenvalue weighted by Crippen LogP contribution is 2.35. The molecule has 0 spiro atoms. The molecule has 1 heterocycles. The molecule has 1 atom stereocenters. The van der Waals surface area contributed by atoms with E-state index in [1.54, 1.807) is 12.1 Å². The van der Waals surface area contributed by atoms with E-state index in [-0.39, 0.29) is 5.75 Å². The molecule has 32 heavy (non-hydrogen) atoms. The van der Waals surface area contributed by atoms with E-state index in [9.17, 15) is 13.6 Å². The van der Waals surface area contributed by atoms with Gasteiger partial charge in [-0.05, 0) is 54.4 Å². The monoisotopic (exact) mass is 455 g/mol. The molecule has 1 N–H and O–H groups in total. The van der Waals surface area contributed by atoms with Crippen LogP contribution in [0.4, 0.5) is 19.3 Å². The molecule has 4 rings (SSSR count). The second kappa shape index (κ2) is 8.96. The van der Waals surface area contributed by atoms with Gasteiger partial charge in [0.25, 0.3) is 0 Å². The van der Waals surface area contributed by atoms with Crippen molar-refractivity contribution in [2.45, 2.75) is 19.0 Å². The molecule has 164 valence electrons. The van der Waals surface area contributed by atoms with E-state index in [4.69, 9.17) is 11.6 Å². The summed E-state index contributed by atoms with van der Waals surface area (Å²) in [6, 6.07) is 22.5. The Morgan fingerprint density at radius 2 is 1.72 bits per heavy atom. The molecule has 8 heteroatoms. The van der Waals surface area contributed by atoms with E-state index in [0.717, 1.165) is 16.8 Å². The van der Waals surface area contributed by atoms with Crippen molar-refractivity contribution in [3.8, 4) is 5.75 Å². The van der Waals surface area contributed by atoms with Crippen LogP contribution in [0.5, 0.6) is 5.75 Å². The van der Waals surface area contributed by atoms with Gasteiger partial charge in [0.05, 0.1) is 17.7 Å². The lowest BCUT2D eigenvalue weighted by molar-refractivity contribution is -0.0498. The zero-order valence-corrected chi connectivity index (χ0v) is 17.9. The van der Waals surface area contributed by atoms with Crippen LogP contribution in [-0.4, -0.2) is 29.9 Å². The second-order valence-electron chi connectivity index (χ2n) is 7.54. The van der Waals surface area contributed by atoms with Gasteiger partial charge >= 0.3 is 12.6 Å². The van der Waals surface area contributed by atoms with Gasteiger partial charge in [-0.3, -0.25) is 0 Å². The normalized spacial score (nSPS) is 17.9. The third-order valence-corrected chi connectivity index (χ3v) is 5.56. The number of carbonyl (C=O) groups excluding carboxylic acids is 1. The van der Waals surface area contributed by atoms with Crippen LogP contribution in [0.15, 0.2) is 84.0 Å². The summed E-state index contributed by atoms with van der Waals surface area (Å²) in [5, 5.41) is 9.38. The van der Waals surface area contributed by atoms with Gasteiger partial charge in [-0.25, -0.2) is 9.80 Å². The lowest BCUT2D eigenvalue weighted by atomic mass is 9.76. The van der Waals surface area contributed by atoms with Gasteiger partial charge in [0.2, 0.25) is 0 Å². The number of anilines is 1. The zero-order chi connectivity index (χ0) is 22.7. The Morgan fingerprint density at radius 1 is 1.06 bits per heavy atom. The molecule has 0 bridgehead atoms. The fourth-order valence-electron chi connectivity index (χ4n) is 3.68. The number of halogens is 3. The van der Waals surface area contributed by atoms with Crippen LogP contribution in [0.25, 0.3) is 0 Å². The van der Waals surface area contributed by atoms with Crippen molar-refractivity contribution in [3.63, 3.8) is 0 Å². The molecule has 5 nitrogen and oxygen atoms in total. The predicted molar refractivity (Wildman–Crippen MR) is 121 cm³/mol. The number of benzene rings is 3. The van der Waals surface area contributed by atoms with Gasteiger partial charge < -0.3 is 10.1 Å². The fourth-order valence-corrected chi connectivity index (χ4v) is 3.81. The number of urea groups is 1. The molecule has 1 unspecified atom stereocenters. The number of hydrazone groups is 1. The maximum absolute atomic E-state index is 13.0. The van der Waals surface area contributed by atoms with Gasteiger partial charge in [0, 0.05) is 10.7 Å². The average Bonchev–Trinajstić information content (AvgIpc) is 3.15. The van der Waals surface area contributed by atoms with E-state index in [1.165, 1.54) is 29.3 Å². The maximum atomic E-state index is 13.0. The molecule has 0 saturated heterocycles. The molecular formula is C24H20ClF2N3O2. The highest BCUT2D eigenvalue weighted by atomic mass is 35.5. The summed E-state index contributed by atoms with van der Waals surface area (Å²) in [6.07, 6.45) is 0. The summed E-state index contributed by atoms with van der Waals surface area (Å²) >= 11 is 6.05. The third-order valence-electron chi connectivity index (χ3n) is 5.30. The van der Waals surface area contributed by atoms with Crippen molar-refractivity contribution in [1.29, 1.82) is 0 Å². The minimum Gasteiger partial charge on any atom is -0.435 e. The zero-order valence-electron chi connectivity index (χ0n) is 17.1. The van der Waals surface area contributed by atoms with Gasteiger partial charge in [-0.15, -0.1) is 0 Å². The van der Waals surface area contributed by atoms with Crippen LogP contribution < -0.4 is 10.1 Å². The molecule has 0 saturated carbocycles. The highest BCUT2D eigenvalue weighted by molar-refractivity contribution is 6.30. The van der Waals surface area contributed by atoms with Gasteiger partial charge in [0.1, 0.15) is 5.75 Å². The minimum absolute atomic E-state index is 0.0128. The minimum atomic E-state index is -2.91. The molecule has 0 radical (unpaired) electrons. The smallest absolute Gasteiger partial charge is 0.387 e. The largest absolute Gasteiger partial charge is 0.435 e. The van der Waals surface area contributed by atoms with E-state index in [0.29, 0.717) is 17.3 Å². The van der Waals surface area contributed by atoms with Gasteiger partial charge in [-0.2, -0.15) is 13.9 Å². The SMILES string of the molecule is CC1(c2ccccc2)CN(C(=O)Nc2ccc(OC(F)F)cc2)N=C1c1ccc(Cl)cc1. The van der Waals surface area contributed by atoms with E-state index >= 15 is 0 Å². The average molecular weight is 456 g/mol. The van der Waals surface area contributed by atoms with Crippen molar-refractivity contribution >= 4 is 29.0 Å². The third kappa shape index (κ3) is 4.57. The van der Waals surface area contributed by atoms with Gasteiger partial charge in [-0.1, -0.05) is 54.1 Å². The van der Waals surface area contributed by atoms with E-state index in [2.05, 4.69) is 15.2 Å². The first-order valence-corrected chi connectivity index (χ1v) is 10.3. The highest BCUT2D eigenvalue weighted by Gasteiger charge is 2.42. The maximum Gasteiger partial charge on any atom is 0.387 e. The van der Waals surface area contributed by atoms with Crippen molar-refractivity contribution in [2.24, 2.45) is 5.10 Å². The number of ether oxygens (including phenoxy) is 1. The van der Waals surface area contributed by atoms with E-state index in [1.807, 2.05) is 49.4 Å². The summed E-state index contributed by atoms with van der Waals surface area (Å²) < 4.78 is 29.0. The Labute approximate surface area is 189 Å². The molecule has 0 aromatic heterocycles. The van der Waals surface area contributed by atoms with Crippen molar-refractivity contribution in [2.75, 3.05) is 11.9 Å². The van der Waals surface area contributed by atoms with Crippen LogP contribution in [0.2, 0.25) is 5.02 Å². The summed E-state index contributed by atoms with van der Waals surface area (Å²) in [6.45, 7) is -0.538. The van der Waals surface area contributed by atoms with E-state index < -0.39 is 18.1 Å². The van der Waals surface area contributed by atoms with Crippen molar-refractivity contribution < 1.29 is 18.3 Å². The number of nitrogens with one attached hydrogen (secondary N) is 1. The Kier molecular flexibility index (Phi) is 6.10. The lowest BCUT2D eigenvalue weighted by Crippen LogP contribution is -2.38. The molecular weight excluding hydrogens is 436 g/mol. The number of alkyl halides is 2. The summed E-state index contributed by atoms with van der Waals surface area (Å²) in [5.74, 6) is 0.0128. The number of amides is 2. The van der Waals surface area contributed by atoms with Crippen LogP contribution in [0, 0.1) is 0 Å². The molecule has 1 aliphatic rings. The van der Waals surface area contributed by atoms with Crippen LogP contribution in [0.1, 0.15) is 18.1 Å². The number of carbonyl (C=O) groups is 1. The molecule has 1 aliphatic heterocycles. The van der Waals surface area contributed by atoms with Crippen molar-refractivity contribution in [1.82, 2.24) is 5.01 Å². The first-order chi connectivity index (χ1) is 15.3. The standard InChI is InChI=1S/C24H20ClF2N3O2/c1-24(17-5-3-2-4-6-17)15-30(29-21(24)16-7-9-18(25)10-8-16)23(31)28-19-11-13-20(14-12-19)32-22(26)27/h2-14,22H,15H2,1H3,(H,28,31). The van der Waals surface area contributed by atoms with Crippen LogP contribution >= 0.6 is 11.6 Å². The quantitative estimate of drug-likeness (QED) is 0.501. The molecule has 2 amide bonds. The summed E-state index contributed by atoms with van der Waals surface area (Å²) in [4.78, 5) is 13.0. The Hall–Kier alpha value is -3.45. The number of rotatable bonds is 5. The molecule has 0 fully saturated rings. The van der Waals surface area contributed by atoms with Crippen LogP contribution in [-0.2, 0) is 5.41 Å². The number of hydrogen-bond donors (Lipinski definition) is 1. The molecule has 0 aliphatic carbocycles. The first-order valence-electron chi connectivity index (χ1n) is 9.89. The first kappa shape index (κ1) is 21.8. The lowest BCUT2D eigenvalue weighted by Gasteiger charge is -2.27. The molecule has 3 aromatic carbocycles. The van der Waals surface area contributed by atoms with Crippen molar-refractivity contribution in [3.05, 3.63) is 95.0 Å². The Balaban J connectivity index is 1.60. The second-order valence-corrected chi connectivity index (χ2v) is 7.98.